The van der Waals surface area contributed by atoms with Crippen LogP contribution in [0, 0.1) is 29.3 Å². The van der Waals surface area contributed by atoms with Crippen molar-refractivity contribution >= 4 is 27.5 Å². The highest BCUT2D eigenvalue weighted by atomic mass is 19.1. The van der Waals surface area contributed by atoms with Gasteiger partial charge in [-0.1, -0.05) is 13.0 Å². The van der Waals surface area contributed by atoms with Crippen molar-refractivity contribution < 1.29 is 32.5 Å². The van der Waals surface area contributed by atoms with Crippen molar-refractivity contribution in [3.63, 3.8) is 0 Å². The van der Waals surface area contributed by atoms with Crippen LogP contribution in [0.2, 0.25) is 0 Å². The highest BCUT2D eigenvalue weighted by Gasteiger charge is 2.47. The second-order valence-corrected chi connectivity index (χ2v) is 13.8. The van der Waals surface area contributed by atoms with Gasteiger partial charge in [0.15, 0.2) is 5.82 Å². The van der Waals surface area contributed by atoms with Crippen LogP contribution < -0.4 is 9.64 Å². The fourth-order valence-corrected chi connectivity index (χ4v) is 8.81. The monoisotopic (exact) mass is 648 g/mol. The number of aliphatic hydroxyl groups is 1. The molecule has 3 aliphatic heterocycles. The molecule has 0 spiro atoms. The van der Waals surface area contributed by atoms with Gasteiger partial charge >= 0.3 is 6.01 Å². The Balaban J connectivity index is 1.29. The van der Waals surface area contributed by atoms with Crippen LogP contribution >= 0.6 is 0 Å². The highest BCUT2D eigenvalue weighted by Crippen LogP contribution is 2.45. The standard InChI is InChI=1S/C36H36F4N4O3/c1-2-24-27(38)5-4-21-10-23(45)11-25(30(21)24)31-28(39)12-26-33(32(31)40)41-35(42-34(26)43-15-19-8-22(17-43)29(46)9-19)47-18-36-6-3-7-44(36)16-20(13-36)14-37/h4-5,10-12,14,19,22,29,45-46H,2-3,6-9,13,15-18H2,1H3/b20-14-/t19-,22-,29+,36?/m0/s1. The molecule has 7 nitrogen and oxygen atoms in total. The maximum atomic E-state index is 16.9. The van der Waals surface area contributed by atoms with Gasteiger partial charge in [-0.3, -0.25) is 4.90 Å². The second-order valence-electron chi connectivity index (χ2n) is 13.8. The summed E-state index contributed by atoms with van der Waals surface area (Å²) in [5.74, 6) is -2.06. The molecule has 4 fully saturated rings. The van der Waals surface area contributed by atoms with Gasteiger partial charge in [0.05, 0.1) is 23.5 Å². The zero-order valence-electron chi connectivity index (χ0n) is 26.1. The fourth-order valence-electron chi connectivity index (χ4n) is 8.81. The van der Waals surface area contributed by atoms with Crippen molar-refractivity contribution in [3.8, 4) is 22.9 Å². The molecule has 0 radical (unpaired) electrons. The van der Waals surface area contributed by atoms with Crippen LogP contribution in [-0.4, -0.2) is 69.5 Å². The molecule has 47 heavy (non-hydrogen) atoms. The number of piperidine rings is 1. The Bertz CT molecular complexity index is 1950. The Morgan fingerprint density at radius 1 is 1.09 bits per heavy atom. The van der Waals surface area contributed by atoms with Gasteiger partial charge < -0.3 is 19.8 Å². The van der Waals surface area contributed by atoms with Crippen molar-refractivity contribution in [2.75, 3.05) is 37.7 Å². The molecule has 2 N–H and O–H groups in total. The molecule has 4 aromatic rings. The normalized spacial score (nSPS) is 26.6. The van der Waals surface area contributed by atoms with E-state index < -0.39 is 34.7 Å². The summed E-state index contributed by atoms with van der Waals surface area (Å²) in [5.41, 5.74) is -0.0157. The number of hydrogen-bond acceptors (Lipinski definition) is 7. The Kier molecular flexibility index (Phi) is 7.33. The van der Waals surface area contributed by atoms with Gasteiger partial charge in [0.2, 0.25) is 0 Å². The van der Waals surface area contributed by atoms with Crippen molar-refractivity contribution in [2.45, 2.75) is 57.1 Å². The third-order valence-electron chi connectivity index (χ3n) is 10.9. The molecule has 3 aromatic carbocycles. The number of fused-ring (bicyclic) bond motifs is 5. The van der Waals surface area contributed by atoms with E-state index in [1.165, 1.54) is 30.3 Å². The lowest BCUT2D eigenvalue weighted by Gasteiger charge is -2.34. The molecular weight excluding hydrogens is 612 g/mol. The number of hydrogen-bond donors (Lipinski definition) is 2. The molecule has 3 saturated heterocycles. The van der Waals surface area contributed by atoms with Gasteiger partial charge in [0.1, 0.15) is 35.3 Å². The summed E-state index contributed by atoms with van der Waals surface area (Å²) >= 11 is 0. The molecule has 11 heteroatoms. The number of nitrogens with zero attached hydrogens (tertiary/aromatic N) is 4. The van der Waals surface area contributed by atoms with Gasteiger partial charge in [-0.2, -0.15) is 9.97 Å². The van der Waals surface area contributed by atoms with Crippen LogP contribution in [0.3, 0.4) is 0 Å². The minimum absolute atomic E-state index is 0.00783. The summed E-state index contributed by atoms with van der Waals surface area (Å²) in [6, 6.07) is 6.58. The Labute approximate surface area is 269 Å². The van der Waals surface area contributed by atoms with Gasteiger partial charge in [-0.25, -0.2) is 17.6 Å². The van der Waals surface area contributed by atoms with Crippen molar-refractivity contribution in [2.24, 2.45) is 11.8 Å². The van der Waals surface area contributed by atoms with Crippen LogP contribution in [0.15, 0.2) is 42.2 Å². The molecule has 4 heterocycles. The fraction of sp³-hybridized carbons (Fsp3) is 0.444. The van der Waals surface area contributed by atoms with Crippen LogP contribution in [0.4, 0.5) is 23.4 Å². The minimum Gasteiger partial charge on any atom is -0.508 e. The first-order chi connectivity index (χ1) is 22.7. The van der Waals surface area contributed by atoms with E-state index in [2.05, 4.69) is 9.88 Å². The summed E-state index contributed by atoms with van der Waals surface area (Å²) in [6.07, 6.45) is 4.28. The molecule has 8 rings (SSSR count). The number of anilines is 1. The quantitative estimate of drug-likeness (QED) is 0.222. The van der Waals surface area contributed by atoms with Crippen LogP contribution in [0.25, 0.3) is 32.8 Å². The highest BCUT2D eigenvalue weighted by molar-refractivity contribution is 6.03. The van der Waals surface area contributed by atoms with Crippen LogP contribution in [0.1, 0.15) is 44.6 Å². The average molecular weight is 649 g/mol. The summed E-state index contributed by atoms with van der Waals surface area (Å²) in [6.45, 7) is 4.30. The Morgan fingerprint density at radius 2 is 1.94 bits per heavy atom. The predicted molar refractivity (Wildman–Crippen MR) is 171 cm³/mol. The van der Waals surface area contributed by atoms with E-state index in [4.69, 9.17) is 9.72 Å². The molecule has 1 aromatic heterocycles. The lowest BCUT2D eigenvalue weighted by atomic mass is 9.91. The molecule has 4 atom stereocenters. The molecule has 1 saturated carbocycles. The summed E-state index contributed by atoms with van der Waals surface area (Å²) in [5, 5.41) is 22.1. The number of aliphatic hydroxyl groups excluding tert-OH is 1. The number of phenolic OH excluding ortho intramolecular Hbond substituents is 1. The first kappa shape index (κ1) is 30.4. The number of aryl methyl sites for hydroxylation is 1. The lowest BCUT2D eigenvalue weighted by Crippen LogP contribution is -2.43. The van der Waals surface area contributed by atoms with Crippen molar-refractivity contribution in [3.05, 3.63) is 65.2 Å². The molecule has 4 aliphatic rings. The topological polar surface area (TPSA) is 82.0 Å². The number of aromatic nitrogens is 2. The molecular formula is C36H36F4N4O3. The maximum Gasteiger partial charge on any atom is 0.319 e. The summed E-state index contributed by atoms with van der Waals surface area (Å²) in [4.78, 5) is 13.4. The van der Waals surface area contributed by atoms with Crippen molar-refractivity contribution in [1.29, 1.82) is 0 Å². The number of benzene rings is 3. The average Bonchev–Trinajstić information content (AvgIpc) is 3.69. The molecule has 2 bridgehead atoms. The van der Waals surface area contributed by atoms with E-state index in [1.54, 1.807) is 6.92 Å². The number of aromatic hydroxyl groups is 1. The van der Waals surface area contributed by atoms with E-state index in [9.17, 15) is 19.0 Å². The molecule has 0 amide bonds. The second kappa shape index (κ2) is 11.3. The van der Waals surface area contributed by atoms with Gasteiger partial charge in [-0.15, -0.1) is 0 Å². The van der Waals surface area contributed by atoms with Gasteiger partial charge in [0, 0.05) is 30.9 Å². The van der Waals surface area contributed by atoms with Gasteiger partial charge in [0.25, 0.3) is 0 Å². The van der Waals surface area contributed by atoms with E-state index in [1.807, 2.05) is 4.90 Å². The first-order valence-electron chi connectivity index (χ1n) is 16.4. The van der Waals surface area contributed by atoms with Crippen molar-refractivity contribution in [1.82, 2.24) is 14.9 Å². The number of halogens is 4. The summed E-state index contributed by atoms with van der Waals surface area (Å²) in [7, 11) is 0. The molecule has 1 aliphatic carbocycles. The molecule has 1 unspecified atom stereocenters. The largest absolute Gasteiger partial charge is 0.508 e. The zero-order valence-corrected chi connectivity index (χ0v) is 26.1. The SMILES string of the molecule is CCc1c(F)ccc2cc(O)cc(-c3c(F)cc4c(N5C[C@H]6C[C@@H](C5)[C@H](O)C6)nc(OCC56CCCN5C/C(=C\F)C6)nc4c3F)c12. The van der Waals surface area contributed by atoms with E-state index in [0.29, 0.717) is 61.0 Å². The van der Waals surface area contributed by atoms with E-state index in [0.717, 1.165) is 25.8 Å². The number of phenols is 1. The van der Waals surface area contributed by atoms with Crippen LogP contribution in [-0.2, 0) is 6.42 Å². The maximum absolute atomic E-state index is 16.9. The Morgan fingerprint density at radius 3 is 2.72 bits per heavy atom. The molecule has 246 valence electrons. The number of rotatable bonds is 6. The van der Waals surface area contributed by atoms with Crippen LogP contribution in [0.5, 0.6) is 11.8 Å². The lowest BCUT2D eigenvalue weighted by molar-refractivity contribution is 0.108. The van der Waals surface area contributed by atoms with E-state index in [-0.39, 0.29) is 58.7 Å². The smallest absolute Gasteiger partial charge is 0.319 e. The predicted octanol–water partition coefficient (Wildman–Crippen LogP) is 6.81. The third-order valence-corrected chi connectivity index (χ3v) is 10.9. The van der Waals surface area contributed by atoms with Gasteiger partial charge in [-0.05, 0) is 103 Å². The third kappa shape index (κ3) is 4.92. The minimum atomic E-state index is -0.976. The number of ether oxygens (including phenoxy) is 1. The van der Waals surface area contributed by atoms with E-state index >= 15 is 8.78 Å². The summed E-state index contributed by atoms with van der Waals surface area (Å²) < 4.78 is 68.0. The first-order valence-corrected chi connectivity index (χ1v) is 16.4. The zero-order chi connectivity index (χ0) is 32.6. The Hall–Kier alpha value is -3.96.